The van der Waals surface area contributed by atoms with Crippen molar-refractivity contribution in [2.75, 3.05) is 0 Å². The van der Waals surface area contributed by atoms with E-state index in [-0.39, 0.29) is 0 Å². The summed E-state index contributed by atoms with van der Waals surface area (Å²) in [5.41, 5.74) is 4.22. The lowest BCUT2D eigenvalue weighted by Gasteiger charge is -2.08. The fourth-order valence-corrected chi connectivity index (χ4v) is 2.51. The van der Waals surface area contributed by atoms with Crippen LogP contribution in [0.25, 0.3) is 11.3 Å². The van der Waals surface area contributed by atoms with Gasteiger partial charge in [0.15, 0.2) is 0 Å². The zero-order valence-electron chi connectivity index (χ0n) is 12.8. The molecule has 0 bridgehead atoms. The number of aryl methyl sites for hydroxylation is 2. The van der Waals surface area contributed by atoms with Gasteiger partial charge in [-0.05, 0) is 31.2 Å². The first-order valence-corrected chi connectivity index (χ1v) is 7.39. The van der Waals surface area contributed by atoms with E-state index < -0.39 is 0 Å². The largest absolute Gasteiger partial charge is 0.493 e. The van der Waals surface area contributed by atoms with Gasteiger partial charge in [0.05, 0.1) is 5.69 Å². The quantitative estimate of drug-likeness (QED) is 0.887. The number of hydrogen-bond acceptors (Lipinski definition) is 2. The van der Waals surface area contributed by atoms with Crippen molar-refractivity contribution in [2.24, 2.45) is 5.92 Å². The van der Waals surface area contributed by atoms with E-state index in [4.69, 9.17) is 0 Å². The Bertz CT molecular complexity index is 585. The first-order chi connectivity index (χ1) is 9.54. The smallest absolute Gasteiger partial charge is 0.213 e. The highest BCUT2D eigenvalue weighted by Gasteiger charge is 2.20. The molecule has 20 heavy (non-hydrogen) atoms. The van der Waals surface area contributed by atoms with E-state index >= 15 is 0 Å². The molecule has 0 atom stereocenters. The topological polar surface area (TPSA) is 38.0 Å². The Morgan fingerprint density at radius 3 is 2.55 bits per heavy atom. The molecule has 1 aromatic heterocycles. The Hall–Kier alpha value is -1.77. The SMILES string of the molecule is CCCn1nc(-c2ccccc2C)c(CC(C)C)c1O. The minimum atomic E-state index is 0.332. The van der Waals surface area contributed by atoms with E-state index in [1.165, 1.54) is 5.56 Å². The van der Waals surface area contributed by atoms with Crippen LogP contribution in [0.3, 0.4) is 0 Å². The molecule has 0 saturated carbocycles. The second-order valence-electron chi connectivity index (χ2n) is 5.79. The van der Waals surface area contributed by atoms with Gasteiger partial charge in [0.1, 0.15) is 0 Å². The summed E-state index contributed by atoms with van der Waals surface area (Å²) in [7, 11) is 0. The van der Waals surface area contributed by atoms with E-state index in [1.807, 2.05) is 12.1 Å². The third-order valence-corrected chi connectivity index (χ3v) is 3.47. The molecule has 0 amide bonds. The van der Waals surface area contributed by atoms with Crippen LogP contribution in [0.1, 0.15) is 38.3 Å². The average molecular weight is 272 g/mol. The van der Waals surface area contributed by atoms with Crippen LogP contribution in [-0.4, -0.2) is 14.9 Å². The van der Waals surface area contributed by atoms with E-state index in [0.29, 0.717) is 11.8 Å². The highest BCUT2D eigenvalue weighted by atomic mass is 16.3. The molecule has 0 fully saturated rings. The molecule has 0 aliphatic carbocycles. The van der Waals surface area contributed by atoms with Gasteiger partial charge in [-0.15, -0.1) is 0 Å². The second kappa shape index (κ2) is 6.12. The van der Waals surface area contributed by atoms with Gasteiger partial charge < -0.3 is 5.11 Å². The predicted molar refractivity (Wildman–Crippen MR) is 82.9 cm³/mol. The summed E-state index contributed by atoms with van der Waals surface area (Å²) < 4.78 is 1.74. The normalized spacial score (nSPS) is 11.2. The first kappa shape index (κ1) is 14.6. The molecule has 0 saturated heterocycles. The summed E-state index contributed by atoms with van der Waals surface area (Å²) in [4.78, 5) is 0. The van der Waals surface area contributed by atoms with Crippen LogP contribution in [0, 0.1) is 12.8 Å². The summed E-state index contributed by atoms with van der Waals surface area (Å²) in [6.07, 6.45) is 1.81. The van der Waals surface area contributed by atoms with Gasteiger partial charge in [-0.3, -0.25) is 0 Å². The van der Waals surface area contributed by atoms with Crippen molar-refractivity contribution in [1.29, 1.82) is 0 Å². The van der Waals surface area contributed by atoms with Gasteiger partial charge in [-0.25, -0.2) is 4.68 Å². The minimum absolute atomic E-state index is 0.332. The Morgan fingerprint density at radius 2 is 1.95 bits per heavy atom. The van der Waals surface area contributed by atoms with Gasteiger partial charge in [-0.1, -0.05) is 45.0 Å². The molecule has 0 aliphatic rings. The van der Waals surface area contributed by atoms with Gasteiger partial charge in [0.2, 0.25) is 5.88 Å². The highest BCUT2D eigenvalue weighted by molar-refractivity contribution is 5.68. The van der Waals surface area contributed by atoms with Crippen molar-refractivity contribution in [2.45, 2.75) is 47.1 Å². The van der Waals surface area contributed by atoms with Gasteiger partial charge in [0, 0.05) is 17.7 Å². The van der Waals surface area contributed by atoms with Crippen LogP contribution < -0.4 is 0 Å². The summed E-state index contributed by atoms with van der Waals surface area (Å²) in [5.74, 6) is 0.821. The third kappa shape index (κ3) is 2.87. The van der Waals surface area contributed by atoms with Crippen LogP contribution in [0.5, 0.6) is 5.88 Å². The summed E-state index contributed by atoms with van der Waals surface area (Å²) in [6.45, 7) is 9.26. The van der Waals surface area contributed by atoms with Crippen LogP contribution in [0.2, 0.25) is 0 Å². The van der Waals surface area contributed by atoms with Gasteiger partial charge in [0.25, 0.3) is 0 Å². The molecule has 3 heteroatoms. The van der Waals surface area contributed by atoms with Crippen molar-refractivity contribution in [3.63, 3.8) is 0 Å². The van der Waals surface area contributed by atoms with Crippen LogP contribution in [0.15, 0.2) is 24.3 Å². The van der Waals surface area contributed by atoms with Crippen molar-refractivity contribution in [1.82, 2.24) is 9.78 Å². The number of benzene rings is 1. The summed E-state index contributed by atoms with van der Waals surface area (Å²) in [6, 6.07) is 8.23. The predicted octanol–water partition coefficient (Wildman–Crippen LogP) is 4.17. The first-order valence-electron chi connectivity index (χ1n) is 7.39. The highest BCUT2D eigenvalue weighted by Crippen LogP contribution is 2.33. The van der Waals surface area contributed by atoms with Crippen LogP contribution in [-0.2, 0) is 13.0 Å². The Labute approximate surface area is 121 Å². The van der Waals surface area contributed by atoms with E-state index in [9.17, 15) is 5.11 Å². The third-order valence-electron chi connectivity index (χ3n) is 3.47. The number of aromatic nitrogens is 2. The van der Waals surface area contributed by atoms with Crippen molar-refractivity contribution >= 4 is 0 Å². The van der Waals surface area contributed by atoms with Gasteiger partial charge >= 0.3 is 0 Å². The molecule has 0 unspecified atom stereocenters. The zero-order chi connectivity index (χ0) is 14.7. The molecule has 3 nitrogen and oxygen atoms in total. The zero-order valence-corrected chi connectivity index (χ0v) is 12.8. The Morgan fingerprint density at radius 1 is 1.25 bits per heavy atom. The number of hydrogen-bond donors (Lipinski definition) is 1. The summed E-state index contributed by atoms with van der Waals surface area (Å²) in [5, 5.41) is 15.1. The minimum Gasteiger partial charge on any atom is -0.493 e. The maximum Gasteiger partial charge on any atom is 0.213 e. The Balaban J connectivity index is 2.56. The average Bonchev–Trinajstić information content (AvgIpc) is 2.68. The number of aromatic hydroxyl groups is 1. The van der Waals surface area contributed by atoms with E-state index in [2.05, 4.69) is 44.9 Å². The fourth-order valence-electron chi connectivity index (χ4n) is 2.51. The lowest BCUT2D eigenvalue weighted by atomic mass is 9.97. The molecule has 1 heterocycles. The lowest BCUT2D eigenvalue weighted by Crippen LogP contribution is -1.98. The van der Waals surface area contributed by atoms with Crippen LogP contribution >= 0.6 is 0 Å². The number of rotatable bonds is 5. The molecule has 1 N–H and O–H groups in total. The molecular formula is C17H24N2O. The van der Waals surface area contributed by atoms with Gasteiger partial charge in [-0.2, -0.15) is 5.10 Å². The van der Waals surface area contributed by atoms with Crippen LogP contribution in [0.4, 0.5) is 0 Å². The lowest BCUT2D eigenvalue weighted by molar-refractivity contribution is 0.390. The maximum absolute atomic E-state index is 10.4. The molecule has 108 valence electrons. The monoisotopic (exact) mass is 272 g/mol. The molecule has 0 aliphatic heterocycles. The molecule has 0 radical (unpaired) electrons. The van der Waals surface area contributed by atoms with E-state index in [0.717, 1.165) is 36.2 Å². The van der Waals surface area contributed by atoms with E-state index in [1.54, 1.807) is 4.68 Å². The number of nitrogens with zero attached hydrogens (tertiary/aromatic N) is 2. The molecular weight excluding hydrogens is 248 g/mol. The maximum atomic E-state index is 10.4. The van der Waals surface area contributed by atoms with Crippen molar-refractivity contribution < 1.29 is 5.11 Å². The standard InChI is InChI=1S/C17H24N2O/c1-5-10-19-17(20)15(11-12(2)3)16(18-19)14-9-7-6-8-13(14)4/h6-9,12,20H,5,10-11H2,1-4H3. The molecule has 2 rings (SSSR count). The molecule has 1 aromatic carbocycles. The van der Waals surface area contributed by atoms with Crippen molar-refractivity contribution in [3.05, 3.63) is 35.4 Å². The molecule has 2 aromatic rings. The molecule has 0 spiro atoms. The fraction of sp³-hybridized carbons (Fsp3) is 0.471. The Kier molecular flexibility index (Phi) is 4.48. The second-order valence-corrected chi connectivity index (χ2v) is 5.79. The summed E-state index contributed by atoms with van der Waals surface area (Å²) >= 11 is 0. The van der Waals surface area contributed by atoms with Crippen molar-refractivity contribution in [3.8, 4) is 17.1 Å².